The lowest BCUT2D eigenvalue weighted by Crippen LogP contribution is -2.38. The van der Waals surface area contributed by atoms with Crippen LogP contribution in [0.4, 0.5) is 8.78 Å². The molecular formula is C14H12F2N2O4. The Kier molecular flexibility index (Phi) is 4.20. The zero-order valence-corrected chi connectivity index (χ0v) is 11.8. The lowest BCUT2D eigenvalue weighted by atomic mass is 10.2. The standard InChI is InChI=1S/C14H12F2N2O4/c1-17-11(6-12(19)18(2)14(17)21)7-22-13(20)8-3-9(15)5-10(16)4-8/h3-6H,7H2,1-2H3. The largest absolute Gasteiger partial charge is 0.456 e. The minimum absolute atomic E-state index is 0.165. The third-order valence-electron chi connectivity index (χ3n) is 3.07. The molecule has 6 nitrogen and oxygen atoms in total. The van der Waals surface area contributed by atoms with Gasteiger partial charge < -0.3 is 4.74 Å². The van der Waals surface area contributed by atoms with E-state index in [0.29, 0.717) is 6.07 Å². The van der Waals surface area contributed by atoms with Gasteiger partial charge in [0.2, 0.25) is 0 Å². The van der Waals surface area contributed by atoms with Crippen molar-refractivity contribution < 1.29 is 18.3 Å². The molecule has 8 heteroatoms. The number of carbonyl (C=O) groups is 1. The van der Waals surface area contributed by atoms with Crippen LogP contribution in [0.5, 0.6) is 0 Å². The van der Waals surface area contributed by atoms with E-state index >= 15 is 0 Å². The quantitative estimate of drug-likeness (QED) is 0.783. The highest BCUT2D eigenvalue weighted by molar-refractivity contribution is 5.89. The second-order valence-corrected chi connectivity index (χ2v) is 4.61. The first-order chi connectivity index (χ1) is 10.3. The van der Waals surface area contributed by atoms with Gasteiger partial charge in [0.1, 0.15) is 18.2 Å². The molecule has 0 aliphatic heterocycles. The summed E-state index contributed by atoms with van der Waals surface area (Å²) < 4.78 is 33.0. The van der Waals surface area contributed by atoms with Crippen molar-refractivity contribution in [1.82, 2.24) is 9.13 Å². The molecule has 2 aromatic rings. The monoisotopic (exact) mass is 310 g/mol. The van der Waals surface area contributed by atoms with Gasteiger partial charge in [0.05, 0.1) is 11.3 Å². The van der Waals surface area contributed by atoms with Crippen LogP contribution in [-0.4, -0.2) is 15.1 Å². The normalized spacial score (nSPS) is 10.5. The summed E-state index contributed by atoms with van der Waals surface area (Å²) in [5.41, 5.74) is -1.26. The smallest absolute Gasteiger partial charge is 0.338 e. The first-order valence-electron chi connectivity index (χ1n) is 6.18. The van der Waals surface area contributed by atoms with Crippen molar-refractivity contribution in [1.29, 1.82) is 0 Å². The molecule has 0 saturated heterocycles. The summed E-state index contributed by atoms with van der Waals surface area (Å²) in [6.07, 6.45) is 0. The number of rotatable bonds is 3. The molecule has 22 heavy (non-hydrogen) atoms. The molecule has 0 atom stereocenters. The minimum atomic E-state index is -0.966. The van der Waals surface area contributed by atoms with E-state index in [1.165, 1.54) is 14.1 Å². The van der Waals surface area contributed by atoms with E-state index in [1.807, 2.05) is 0 Å². The highest BCUT2D eigenvalue weighted by Crippen LogP contribution is 2.10. The Morgan fingerprint density at radius 2 is 1.64 bits per heavy atom. The number of nitrogens with zero attached hydrogens (tertiary/aromatic N) is 2. The van der Waals surface area contributed by atoms with E-state index in [2.05, 4.69) is 0 Å². The second kappa shape index (κ2) is 5.92. The van der Waals surface area contributed by atoms with Crippen LogP contribution in [0.25, 0.3) is 0 Å². The van der Waals surface area contributed by atoms with E-state index in [9.17, 15) is 23.2 Å². The summed E-state index contributed by atoms with van der Waals surface area (Å²) in [5, 5.41) is 0. The van der Waals surface area contributed by atoms with Crippen LogP contribution in [0.3, 0.4) is 0 Å². The fourth-order valence-electron chi connectivity index (χ4n) is 1.81. The van der Waals surface area contributed by atoms with Crippen LogP contribution in [0, 0.1) is 11.6 Å². The molecule has 1 aromatic heterocycles. The Morgan fingerprint density at radius 3 is 2.23 bits per heavy atom. The number of ether oxygens (including phenoxy) is 1. The molecule has 0 radical (unpaired) electrons. The summed E-state index contributed by atoms with van der Waals surface area (Å²) in [7, 11) is 2.72. The molecule has 0 aliphatic rings. The van der Waals surface area contributed by atoms with Gasteiger partial charge in [-0.1, -0.05) is 0 Å². The van der Waals surface area contributed by atoms with E-state index in [4.69, 9.17) is 4.74 Å². The van der Waals surface area contributed by atoms with Gasteiger partial charge in [0.25, 0.3) is 5.56 Å². The van der Waals surface area contributed by atoms with Gasteiger partial charge in [0.15, 0.2) is 0 Å². The predicted molar refractivity (Wildman–Crippen MR) is 72.4 cm³/mol. The van der Waals surface area contributed by atoms with Crippen LogP contribution in [0.2, 0.25) is 0 Å². The first kappa shape index (κ1) is 15.6. The Morgan fingerprint density at radius 1 is 1.05 bits per heavy atom. The van der Waals surface area contributed by atoms with Gasteiger partial charge >= 0.3 is 11.7 Å². The van der Waals surface area contributed by atoms with E-state index in [0.717, 1.165) is 27.3 Å². The number of esters is 1. The van der Waals surface area contributed by atoms with Crippen molar-refractivity contribution in [2.24, 2.45) is 14.1 Å². The summed E-state index contributed by atoms with van der Waals surface area (Å²) in [4.78, 5) is 35.0. The van der Waals surface area contributed by atoms with Gasteiger partial charge in [-0.15, -0.1) is 0 Å². The van der Waals surface area contributed by atoms with Gasteiger partial charge in [-0.3, -0.25) is 13.9 Å². The zero-order valence-electron chi connectivity index (χ0n) is 11.8. The number of aromatic nitrogens is 2. The maximum atomic E-state index is 13.0. The van der Waals surface area contributed by atoms with Crippen molar-refractivity contribution in [2.75, 3.05) is 0 Å². The predicted octanol–water partition coefficient (Wildman–Crippen LogP) is 0.719. The van der Waals surface area contributed by atoms with E-state index < -0.39 is 28.9 Å². The number of carbonyl (C=O) groups excluding carboxylic acids is 1. The zero-order chi connectivity index (χ0) is 16.4. The Hall–Kier alpha value is -2.77. The molecule has 0 saturated carbocycles. The first-order valence-corrected chi connectivity index (χ1v) is 6.18. The minimum Gasteiger partial charge on any atom is -0.456 e. The van der Waals surface area contributed by atoms with Crippen LogP contribution in [0.15, 0.2) is 33.9 Å². The van der Waals surface area contributed by atoms with Gasteiger partial charge in [-0.05, 0) is 12.1 Å². The topological polar surface area (TPSA) is 70.3 Å². The summed E-state index contributed by atoms with van der Waals surface area (Å²) in [5.74, 6) is -2.78. The fourth-order valence-corrected chi connectivity index (χ4v) is 1.81. The fraction of sp³-hybridized carbons (Fsp3) is 0.214. The van der Waals surface area contributed by atoms with Crippen LogP contribution in [-0.2, 0) is 25.4 Å². The van der Waals surface area contributed by atoms with E-state index in [1.54, 1.807) is 0 Å². The molecule has 0 unspecified atom stereocenters. The summed E-state index contributed by atoms with van der Waals surface area (Å²) >= 11 is 0. The molecule has 2 rings (SSSR count). The Labute approximate surface area is 123 Å². The average Bonchev–Trinajstić information content (AvgIpc) is 2.46. The Bertz CT molecular complexity index is 835. The van der Waals surface area contributed by atoms with Crippen LogP contribution < -0.4 is 11.2 Å². The highest BCUT2D eigenvalue weighted by atomic mass is 19.1. The van der Waals surface area contributed by atoms with Crippen LogP contribution in [0.1, 0.15) is 16.1 Å². The summed E-state index contributed by atoms with van der Waals surface area (Å²) in [6, 6.07) is 3.42. The molecular weight excluding hydrogens is 298 g/mol. The third kappa shape index (κ3) is 3.11. The summed E-state index contributed by atoms with van der Waals surface area (Å²) in [6.45, 7) is -0.376. The van der Waals surface area contributed by atoms with Crippen molar-refractivity contribution in [3.05, 3.63) is 68.0 Å². The lowest BCUT2D eigenvalue weighted by molar-refractivity contribution is 0.0461. The molecule has 0 spiro atoms. The van der Waals surface area contributed by atoms with Gasteiger partial charge in [-0.25, -0.2) is 18.4 Å². The molecule has 0 amide bonds. The molecule has 0 fully saturated rings. The Balaban J connectivity index is 2.22. The highest BCUT2D eigenvalue weighted by Gasteiger charge is 2.13. The number of hydrogen-bond acceptors (Lipinski definition) is 4. The molecule has 1 aromatic carbocycles. The maximum Gasteiger partial charge on any atom is 0.338 e. The molecule has 1 heterocycles. The van der Waals surface area contributed by atoms with Crippen LogP contribution >= 0.6 is 0 Å². The van der Waals surface area contributed by atoms with Gasteiger partial charge in [0, 0.05) is 26.2 Å². The maximum absolute atomic E-state index is 13.0. The SMILES string of the molecule is Cn1c(COC(=O)c2cc(F)cc(F)c2)cc(=O)n(C)c1=O. The van der Waals surface area contributed by atoms with Gasteiger partial charge in [-0.2, -0.15) is 0 Å². The molecule has 0 bridgehead atoms. The average molecular weight is 310 g/mol. The van der Waals surface area contributed by atoms with Crippen molar-refractivity contribution >= 4 is 5.97 Å². The third-order valence-corrected chi connectivity index (χ3v) is 3.07. The second-order valence-electron chi connectivity index (χ2n) is 4.61. The number of hydrogen-bond donors (Lipinski definition) is 0. The molecule has 0 aliphatic carbocycles. The lowest BCUT2D eigenvalue weighted by Gasteiger charge is -2.10. The van der Waals surface area contributed by atoms with E-state index in [-0.39, 0.29) is 17.9 Å². The molecule has 116 valence electrons. The van der Waals surface area contributed by atoms with Crippen molar-refractivity contribution in [3.8, 4) is 0 Å². The van der Waals surface area contributed by atoms with Crippen molar-refractivity contribution in [2.45, 2.75) is 6.61 Å². The number of halogens is 2. The number of benzene rings is 1. The molecule has 0 N–H and O–H groups in total. The van der Waals surface area contributed by atoms with Crippen molar-refractivity contribution in [3.63, 3.8) is 0 Å².